The summed E-state index contributed by atoms with van der Waals surface area (Å²) in [6.45, 7) is 5.66. The molecule has 2 bridgehead atoms. The zero-order valence-electron chi connectivity index (χ0n) is 18.3. The summed E-state index contributed by atoms with van der Waals surface area (Å²) in [6.07, 6.45) is 2.35. The molecule has 11 heteroatoms. The fourth-order valence-corrected chi connectivity index (χ4v) is 4.08. The van der Waals surface area contributed by atoms with Crippen molar-refractivity contribution in [2.45, 2.75) is 52.1 Å². The lowest BCUT2D eigenvalue weighted by atomic mass is 9.93. The van der Waals surface area contributed by atoms with Gasteiger partial charge in [0.25, 0.3) is 5.56 Å². The standard InChI is InChI=1S/C21H27N3O8/c1-4-30-15(25)9-14(20(28)31-5-2)23-10-12-7-8-13(23)11-24-18(12)22-16(17(26)19(24)27)21(29)32-6-3/h9,12-13,26H,4-8,10-11H2,1-3H3/b14-9+. The van der Waals surface area contributed by atoms with Gasteiger partial charge in [-0.15, -0.1) is 0 Å². The van der Waals surface area contributed by atoms with Crippen LogP contribution in [0.5, 0.6) is 5.75 Å². The Labute approximate surface area is 184 Å². The molecule has 1 saturated heterocycles. The van der Waals surface area contributed by atoms with Crippen molar-refractivity contribution in [1.82, 2.24) is 14.5 Å². The Morgan fingerprint density at radius 1 is 1.06 bits per heavy atom. The number of aromatic nitrogens is 2. The van der Waals surface area contributed by atoms with Crippen LogP contribution < -0.4 is 5.56 Å². The summed E-state index contributed by atoms with van der Waals surface area (Å²) in [7, 11) is 0. The third-order valence-electron chi connectivity index (χ3n) is 5.44. The first-order valence-electron chi connectivity index (χ1n) is 10.6. The van der Waals surface area contributed by atoms with Gasteiger partial charge in [-0.2, -0.15) is 0 Å². The van der Waals surface area contributed by atoms with Crippen molar-refractivity contribution in [3.8, 4) is 5.75 Å². The van der Waals surface area contributed by atoms with Crippen LogP contribution in [0.1, 0.15) is 55.8 Å². The smallest absolute Gasteiger partial charge is 0.361 e. The second-order valence-corrected chi connectivity index (χ2v) is 7.39. The minimum absolute atomic E-state index is 0.0377. The fraction of sp³-hybridized carbons (Fsp3) is 0.571. The number of carbonyl (C=O) groups is 3. The zero-order chi connectivity index (χ0) is 23.4. The normalized spacial score (nSPS) is 19.7. The molecule has 3 aliphatic rings. The van der Waals surface area contributed by atoms with Crippen molar-refractivity contribution in [3.63, 3.8) is 0 Å². The highest BCUT2D eigenvalue weighted by atomic mass is 16.5. The predicted octanol–water partition coefficient (Wildman–Crippen LogP) is 0.697. The molecule has 174 valence electrons. The molecule has 0 amide bonds. The average Bonchev–Trinajstić information content (AvgIpc) is 3.03. The van der Waals surface area contributed by atoms with E-state index in [0.717, 1.165) is 6.08 Å². The molecule has 0 saturated carbocycles. The van der Waals surface area contributed by atoms with Gasteiger partial charge in [-0.1, -0.05) is 0 Å². The van der Waals surface area contributed by atoms with E-state index >= 15 is 0 Å². The molecule has 0 aromatic carbocycles. The molecule has 0 spiro atoms. The summed E-state index contributed by atoms with van der Waals surface area (Å²) in [5.74, 6) is -2.99. The number of hydrogen-bond acceptors (Lipinski definition) is 10. The van der Waals surface area contributed by atoms with Crippen molar-refractivity contribution in [1.29, 1.82) is 0 Å². The summed E-state index contributed by atoms with van der Waals surface area (Å²) < 4.78 is 16.3. The van der Waals surface area contributed by atoms with Gasteiger partial charge in [-0.25, -0.2) is 19.4 Å². The average molecular weight is 449 g/mol. The lowest BCUT2D eigenvalue weighted by Crippen LogP contribution is -2.44. The first-order valence-corrected chi connectivity index (χ1v) is 10.6. The molecule has 1 aromatic rings. The summed E-state index contributed by atoms with van der Waals surface area (Å²) in [5.41, 5.74) is -1.13. The van der Waals surface area contributed by atoms with Gasteiger partial charge < -0.3 is 24.2 Å². The maximum absolute atomic E-state index is 12.9. The van der Waals surface area contributed by atoms with Crippen molar-refractivity contribution >= 4 is 17.9 Å². The van der Waals surface area contributed by atoms with Crippen LogP contribution >= 0.6 is 0 Å². The molecule has 32 heavy (non-hydrogen) atoms. The Bertz CT molecular complexity index is 999. The molecule has 0 radical (unpaired) electrons. The zero-order valence-corrected chi connectivity index (χ0v) is 18.3. The Hall–Kier alpha value is -3.37. The second kappa shape index (κ2) is 9.84. The van der Waals surface area contributed by atoms with Crippen molar-refractivity contribution in [2.24, 2.45) is 0 Å². The fourth-order valence-electron chi connectivity index (χ4n) is 4.08. The van der Waals surface area contributed by atoms with E-state index in [0.29, 0.717) is 18.7 Å². The Morgan fingerprint density at radius 2 is 1.75 bits per heavy atom. The lowest BCUT2D eigenvalue weighted by molar-refractivity contribution is -0.143. The van der Waals surface area contributed by atoms with Crippen LogP contribution in [0.25, 0.3) is 0 Å². The van der Waals surface area contributed by atoms with E-state index in [4.69, 9.17) is 14.2 Å². The van der Waals surface area contributed by atoms with Gasteiger partial charge in [0, 0.05) is 25.0 Å². The molecular weight excluding hydrogens is 422 g/mol. The van der Waals surface area contributed by atoms with Gasteiger partial charge in [0.15, 0.2) is 5.69 Å². The highest BCUT2D eigenvalue weighted by molar-refractivity contribution is 5.96. The quantitative estimate of drug-likeness (QED) is 0.360. The Kier molecular flexibility index (Phi) is 7.16. The van der Waals surface area contributed by atoms with Gasteiger partial charge in [0.1, 0.15) is 11.5 Å². The van der Waals surface area contributed by atoms with Gasteiger partial charge in [0.05, 0.1) is 25.9 Å². The van der Waals surface area contributed by atoms with Crippen LogP contribution in [0.2, 0.25) is 0 Å². The molecule has 1 N–H and O–H groups in total. The maximum atomic E-state index is 12.9. The van der Waals surface area contributed by atoms with Crippen LogP contribution in [0.3, 0.4) is 0 Å². The predicted molar refractivity (Wildman–Crippen MR) is 110 cm³/mol. The van der Waals surface area contributed by atoms with Crippen LogP contribution in [0.4, 0.5) is 0 Å². The number of carbonyl (C=O) groups excluding carboxylic acids is 3. The molecular formula is C21H27N3O8. The number of esters is 3. The Morgan fingerprint density at radius 3 is 2.41 bits per heavy atom. The number of ether oxygens (including phenoxy) is 3. The number of aromatic hydroxyl groups is 1. The minimum Gasteiger partial charge on any atom is -0.501 e. The number of fused-ring (bicyclic) bond motifs is 2. The monoisotopic (exact) mass is 449 g/mol. The van der Waals surface area contributed by atoms with E-state index in [1.807, 2.05) is 0 Å². The number of nitrogens with zero attached hydrogens (tertiary/aromatic N) is 3. The first kappa shape index (κ1) is 23.3. The summed E-state index contributed by atoms with van der Waals surface area (Å²) in [4.78, 5) is 55.8. The molecule has 4 rings (SSSR count). The van der Waals surface area contributed by atoms with Gasteiger partial charge >= 0.3 is 17.9 Å². The second-order valence-electron chi connectivity index (χ2n) is 7.39. The largest absolute Gasteiger partial charge is 0.501 e. The van der Waals surface area contributed by atoms with Gasteiger partial charge in [0.2, 0.25) is 5.75 Å². The molecule has 2 unspecified atom stereocenters. The van der Waals surface area contributed by atoms with E-state index in [1.54, 1.807) is 25.7 Å². The third kappa shape index (κ3) is 4.46. The summed E-state index contributed by atoms with van der Waals surface area (Å²) in [5, 5.41) is 10.3. The summed E-state index contributed by atoms with van der Waals surface area (Å²) in [6, 6.07) is -0.329. The molecule has 1 fully saturated rings. The third-order valence-corrected chi connectivity index (χ3v) is 5.44. The number of hydrogen-bond donors (Lipinski definition) is 1. The van der Waals surface area contributed by atoms with Crippen molar-refractivity contribution in [2.75, 3.05) is 26.4 Å². The van der Waals surface area contributed by atoms with Crippen LogP contribution in [0.15, 0.2) is 16.6 Å². The molecule has 1 aromatic heterocycles. The van der Waals surface area contributed by atoms with E-state index < -0.39 is 34.9 Å². The van der Waals surface area contributed by atoms with Crippen LogP contribution in [0, 0.1) is 0 Å². The number of piperidine rings is 1. The molecule has 0 aliphatic carbocycles. The highest BCUT2D eigenvalue weighted by Crippen LogP contribution is 2.36. The van der Waals surface area contributed by atoms with Crippen molar-refractivity contribution in [3.05, 3.63) is 33.6 Å². The maximum Gasteiger partial charge on any atom is 0.361 e. The molecule has 3 aliphatic heterocycles. The molecule has 2 atom stereocenters. The van der Waals surface area contributed by atoms with E-state index in [9.17, 15) is 24.3 Å². The van der Waals surface area contributed by atoms with E-state index in [2.05, 4.69) is 4.98 Å². The Balaban J connectivity index is 2.03. The molecule has 11 nitrogen and oxygen atoms in total. The SMILES string of the molecule is CCOC(=O)/C=C(\C(=O)OCC)N1CC2CCC1Cn1c2nc(C(=O)OCC)c(O)c1=O. The van der Waals surface area contributed by atoms with Crippen LogP contribution in [-0.4, -0.2) is 69.9 Å². The highest BCUT2D eigenvalue weighted by Gasteiger charge is 2.40. The minimum atomic E-state index is -0.879. The topological polar surface area (TPSA) is 137 Å². The van der Waals surface area contributed by atoms with Gasteiger partial charge in [-0.3, -0.25) is 9.36 Å². The summed E-state index contributed by atoms with van der Waals surface area (Å²) >= 11 is 0. The van der Waals surface area contributed by atoms with Gasteiger partial charge in [-0.05, 0) is 33.6 Å². The van der Waals surface area contributed by atoms with E-state index in [-0.39, 0.29) is 50.6 Å². The van der Waals surface area contributed by atoms with Crippen LogP contribution in [-0.2, 0) is 30.3 Å². The first-order chi connectivity index (χ1) is 15.3. The van der Waals surface area contributed by atoms with E-state index in [1.165, 1.54) is 4.57 Å². The lowest BCUT2D eigenvalue weighted by Gasteiger charge is -2.38. The number of rotatable bonds is 7. The van der Waals surface area contributed by atoms with Crippen molar-refractivity contribution < 1.29 is 33.7 Å². The molecule has 4 heterocycles.